The molecule has 7 heteroatoms. The van der Waals surface area contributed by atoms with Gasteiger partial charge in [-0.2, -0.15) is 0 Å². The Labute approximate surface area is 200 Å². The molecule has 33 heavy (non-hydrogen) atoms. The van der Waals surface area contributed by atoms with Crippen LogP contribution in [0, 0.1) is 0 Å². The molecule has 0 atom stereocenters. The number of ether oxygens (including phenoxy) is 2. The summed E-state index contributed by atoms with van der Waals surface area (Å²) in [6.07, 6.45) is 6.27. The molecular weight excluding hydrogens is 416 g/mol. The highest BCUT2D eigenvalue weighted by molar-refractivity contribution is 5.08. The first-order valence-electron chi connectivity index (χ1n) is 12.5. The highest BCUT2D eigenvalue weighted by Gasteiger charge is 2.11. The molecule has 4 rings (SSSR count). The summed E-state index contributed by atoms with van der Waals surface area (Å²) in [5, 5.41) is 0. The summed E-state index contributed by atoms with van der Waals surface area (Å²) in [7, 11) is 0. The molecule has 2 aliphatic rings. The summed E-state index contributed by atoms with van der Waals surface area (Å²) in [4.78, 5) is 20.3. The Morgan fingerprint density at radius 3 is 2.15 bits per heavy atom. The maximum absolute atomic E-state index is 11.4. The Balaban J connectivity index is 0.000000288. The van der Waals surface area contributed by atoms with Gasteiger partial charge in [0.2, 0.25) is 5.88 Å². The van der Waals surface area contributed by atoms with E-state index < -0.39 is 0 Å². The van der Waals surface area contributed by atoms with Gasteiger partial charge < -0.3 is 14.0 Å². The van der Waals surface area contributed by atoms with Crippen molar-refractivity contribution in [1.82, 2.24) is 19.4 Å². The minimum absolute atomic E-state index is 0.0748. The molecule has 0 saturated carbocycles. The predicted molar refractivity (Wildman–Crippen MR) is 136 cm³/mol. The van der Waals surface area contributed by atoms with Crippen LogP contribution in [-0.4, -0.2) is 78.4 Å². The van der Waals surface area contributed by atoms with Crippen molar-refractivity contribution in [2.24, 2.45) is 0 Å². The summed E-state index contributed by atoms with van der Waals surface area (Å²) >= 11 is 0. The highest BCUT2D eigenvalue weighted by Crippen LogP contribution is 2.07. The van der Waals surface area contributed by atoms with Crippen LogP contribution < -0.4 is 10.3 Å². The van der Waals surface area contributed by atoms with E-state index in [0.717, 1.165) is 58.4 Å². The molecule has 0 amide bonds. The van der Waals surface area contributed by atoms with Gasteiger partial charge in [-0.05, 0) is 38.1 Å². The van der Waals surface area contributed by atoms with E-state index in [1.54, 1.807) is 22.9 Å². The predicted octanol–water partition coefficient (Wildman–Crippen LogP) is 3.79. The molecule has 2 aromatic heterocycles. The number of hydrogen-bond acceptors (Lipinski definition) is 6. The van der Waals surface area contributed by atoms with Crippen molar-refractivity contribution >= 4 is 0 Å². The van der Waals surface area contributed by atoms with Crippen LogP contribution in [0.3, 0.4) is 0 Å². The first kappa shape index (κ1) is 28.8. The van der Waals surface area contributed by atoms with Gasteiger partial charge in [-0.1, -0.05) is 39.8 Å². The van der Waals surface area contributed by atoms with E-state index in [0.29, 0.717) is 0 Å². The molecule has 0 aromatic carbocycles. The van der Waals surface area contributed by atoms with Crippen molar-refractivity contribution in [1.29, 1.82) is 0 Å². The molecule has 0 aliphatic carbocycles. The Hall–Kier alpha value is -2.22. The SMILES string of the molecule is CC.CC.O=c1ccccn1CCN1CCOCC1.c1ccc(OCCN2CCCC2)nc1. The highest BCUT2D eigenvalue weighted by atomic mass is 16.5. The number of nitrogens with zero attached hydrogens (tertiary/aromatic N) is 4. The first-order chi connectivity index (χ1) is 16.3. The lowest BCUT2D eigenvalue weighted by Crippen LogP contribution is -2.39. The monoisotopic (exact) mass is 460 g/mol. The van der Waals surface area contributed by atoms with Gasteiger partial charge in [0.15, 0.2) is 0 Å². The lowest BCUT2D eigenvalue weighted by atomic mass is 10.4. The second-order valence-corrected chi connectivity index (χ2v) is 7.25. The van der Waals surface area contributed by atoms with Gasteiger partial charge in [0.05, 0.1) is 13.2 Å². The molecular formula is C26H44N4O3. The second kappa shape index (κ2) is 19.3. The second-order valence-electron chi connectivity index (χ2n) is 7.25. The van der Waals surface area contributed by atoms with Crippen LogP contribution in [0.4, 0.5) is 0 Å². The van der Waals surface area contributed by atoms with Gasteiger partial charge in [-0.3, -0.25) is 14.6 Å². The molecule has 2 aromatic rings. The summed E-state index contributed by atoms with van der Waals surface area (Å²) < 4.78 is 12.5. The van der Waals surface area contributed by atoms with E-state index >= 15 is 0 Å². The molecule has 0 N–H and O–H groups in total. The lowest BCUT2D eigenvalue weighted by Gasteiger charge is -2.26. The van der Waals surface area contributed by atoms with Crippen LogP contribution in [0.1, 0.15) is 40.5 Å². The summed E-state index contributed by atoms with van der Waals surface area (Å²) in [5.74, 6) is 0.728. The maximum Gasteiger partial charge on any atom is 0.250 e. The standard InChI is InChI=1S/C11H16N2O2.C11H16N2O.2C2H6/c14-11-3-1-2-4-13(11)6-5-12-7-9-15-10-8-12;1-2-6-12-11(5-1)14-10-9-13-7-3-4-8-13;2*1-2/h1-4H,5-10H2;1-2,5-6H,3-4,7-10H2;2*1-2H3. The van der Waals surface area contributed by atoms with E-state index in [1.165, 1.54) is 25.9 Å². The van der Waals surface area contributed by atoms with Crippen LogP contribution >= 0.6 is 0 Å². The zero-order chi connectivity index (χ0) is 24.2. The van der Waals surface area contributed by atoms with E-state index in [1.807, 2.05) is 58.2 Å². The largest absolute Gasteiger partial charge is 0.476 e. The van der Waals surface area contributed by atoms with Crippen LogP contribution in [0.2, 0.25) is 0 Å². The maximum atomic E-state index is 11.4. The number of morpholine rings is 1. The Morgan fingerprint density at radius 2 is 1.52 bits per heavy atom. The molecule has 0 bridgehead atoms. The van der Waals surface area contributed by atoms with Gasteiger partial charge >= 0.3 is 0 Å². The topological polar surface area (TPSA) is 59.8 Å². The van der Waals surface area contributed by atoms with Crippen molar-refractivity contribution in [3.05, 3.63) is 59.1 Å². The van der Waals surface area contributed by atoms with E-state index in [9.17, 15) is 4.79 Å². The van der Waals surface area contributed by atoms with Crippen molar-refractivity contribution in [3.63, 3.8) is 0 Å². The zero-order valence-corrected chi connectivity index (χ0v) is 21.1. The van der Waals surface area contributed by atoms with Crippen LogP contribution in [-0.2, 0) is 11.3 Å². The molecule has 2 fully saturated rings. The lowest BCUT2D eigenvalue weighted by molar-refractivity contribution is 0.0363. The van der Waals surface area contributed by atoms with E-state index in [2.05, 4.69) is 14.8 Å². The molecule has 0 spiro atoms. The van der Waals surface area contributed by atoms with Crippen LogP contribution in [0.5, 0.6) is 5.88 Å². The Bertz CT molecular complexity index is 742. The minimum atomic E-state index is 0.0748. The van der Waals surface area contributed by atoms with Crippen LogP contribution in [0.25, 0.3) is 0 Å². The number of aromatic nitrogens is 2. The molecule has 0 unspecified atom stereocenters. The number of likely N-dealkylation sites (tertiary alicyclic amines) is 1. The molecule has 186 valence electrons. The van der Waals surface area contributed by atoms with Crippen molar-refractivity contribution in [3.8, 4) is 5.88 Å². The zero-order valence-electron chi connectivity index (χ0n) is 21.1. The van der Waals surface area contributed by atoms with E-state index in [4.69, 9.17) is 9.47 Å². The fourth-order valence-corrected chi connectivity index (χ4v) is 3.44. The van der Waals surface area contributed by atoms with Gasteiger partial charge in [-0.15, -0.1) is 0 Å². The van der Waals surface area contributed by atoms with Gasteiger partial charge in [0.25, 0.3) is 5.56 Å². The minimum Gasteiger partial charge on any atom is -0.476 e. The van der Waals surface area contributed by atoms with Crippen LogP contribution in [0.15, 0.2) is 53.6 Å². The normalized spacial score (nSPS) is 15.8. The summed E-state index contributed by atoms with van der Waals surface area (Å²) in [5.41, 5.74) is 0.0748. The summed E-state index contributed by atoms with van der Waals surface area (Å²) in [6.45, 7) is 17.5. The first-order valence-corrected chi connectivity index (χ1v) is 12.5. The van der Waals surface area contributed by atoms with Crippen molar-refractivity contribution in [2.45, 2.75) is 47.1 Å². The quantitative estimate of drug-likeness (QED) is 0.627. The third kappa shape index (κ3) is 12.6. The van der Waals surface area contributed by atoms with Crippen molar-refractivity contribution < 1.29 is 9.47 Å². The third-order valence-electron chi connectivity index (χ3n) is 5.15. The molecule has 4 heterocycles. The summed E-state index contributed by atoms with van der Waals surface area (Å²) in [6, 6.07) is 11.0. The fraction of sp³-hybridized carbons (Fsp3) is 0.615. The van der Waals surface area contributed by atoms with Crippen molar-refractivity contribution in [2.75, 3.05) is 59.1 Å². The van der Waals surface area contributed by atoms with E-state index in [-0.39, 0.29) is 5.56 Å². The van der Waals surface area contributed by atoms with Gasteiger partial charge in [-0.25, -0.2) is 4.98 Å². The number of hydrogen-bond donors (Lipinski definition) is 0. The fourth-order valence-electron chi connectivity index (χ4n) is 3.44. The Morgan fingerprint density at radius 1 is 0.848 bits per heavy atom. The average Bonchev–Trinajstić information content (AvgIpc) is 3.41. The molecule has 2 saturated heterocycles. The smallest absolute Gasteiger partial charge is 0.250 e. The Kier molecular flexibility index (Phi) is 16.8. The number of pyridine rings is 2. The molecule has 7 nitrogen and oxygen atoms in total. The van der Waals surface area contributed by atoms with Gasteiger partial charge in [0, 0.05) is 57.3 Å². The number of rotatable bonds is 7. The third-order valence-corrected chi connectivity index (χ3v) is 5.15. The molecule has 0 radical (unpaired) electrons. The average molecular weight is 461 g/mol. The molecule has 2 aliphatic heterocycles. The van der Waals surface area contributed by atoms with Gasteiger partial charge in [0.1, 0.15) is 6.61 Å².